The molecule has 1 aromatic heterocycles. The van der Waals surface area contributed by atoms with Crippen LogP contribution in [-0.4, -0.2) is 41.9 Å². The molecular weight excluding hydrogens is 503 g/mol. The van der Waals surface area contributed by atoms with E-state index in [1.54, 1.807) is 24.3 Å². The van der Waals surface area contributed by atoms with Crippen molar-refractivity contribution in [2.45, 2.75) is 13.2 Å². The Morgan fingerprint density at radius 2 is 1.74 bits per heavy atom. The van der Waals surface area contributed by atoms with Crippen LogP contribution in [0.1, 0.15) is 21.9 Å². The number of halogens is 3. The molecule has 2 heterocycles. The number of carbonyl (C=O) groups is 1. The van der Waals surface area contributed by atoms with Gasteiger partial charge in [-0.2, -0.15) is 0 Å². The van der Waals surface area contributed by atoms with E-state index in [0.717, 1.165) is 29.1 Å². The number of ether oxygens (including phenoxy) is 1. The van der Waals surface area contributed by atoms with Gasteiger partial charge in [0.15, 0.2) is 5.76 Å². The Bertz CT molecular complexity index is 1050. The molecule has 0 bridgehead atoms. The van der Waals surface area contributed by atoms with Crippen molar-refractivity contribution in [3.05, 3.63) is 86.2 Å². The van der Waals surface area contributed by atoms with Crippen molar-refractivity contribution in [3.63, 3.8) is 0 Å². The average Bonchev–Trinajstić information content (AvgIpc) is 3.24. The van der Waals surface area contributed by atoms with E-state index >= 15 is 0 Å². The number of carbonyl (C=O) groups excluding carboxylic acids is 1. The SMILES string of the molecule is O=C(c1ccc(COc2ccc(Br)cc2Cl)o1)N1CCN(Cc2ccc(Cl)cc2)CC1. The molecule has 3 aromatic rings. The van der Waals surface area contributed by atoms with E-state index in [1.165, 1.54) is 5.56 Å². The lowest BCUT2D eigenvalue weighted by molar-refractivity contribution is 0.0594. The van der Waals surface area contributed by atoms with Crippen LogP contribution in [0.4, 0.5) is 0 Å². The number of piperazine rings is 1. The van der Waals surface area contributed by atoms with Crippen LogP contribution in [0.3, 0.4) is 0 Å². The zero-order valence-electron chi connectivity index (χ0n) is 16.7. The molecule has 1 aliphatic heterocycles. The van der Waals surface area contributed by atoms with Gasteiger partial charge in [0.2, 0.25) is 0 Å². The van der Waals surface area contributed by atoms with E-state index < -0.39 is 0 Å². The van der Waals surface area contributed by atoms with Crippen LogP contribution in [0.5, 0.6) is 5.75 Å². The van der Waals surface area contributed by atoms with E-state index in [1.807, 2.05) is 35.2 Å². The zero-order chi connectivity index (χ0) is 21.8. The van der Waals surface area contributed by atoms with E-state index in [-0.39, 0.29) is 12.5 Å². The first-order valence-electron chi connectivity index (χ1n) is 9.90. The zero-order valence-corrected chi connectivity index (χ0v) is 19.8. The first-order chi connectivity index (χ1) is 15.0. The topological polar surface area (TPSA) is 45.9 Å². The van der Waals surface area contributed by atoms with Gasteiger partial charge < -0.3 is 14.1 Å². The number of hydrogen-bond acceptors (Lipinski definition) is 4. The summed E-state index contributed by atoms with van der Waals surface area (Å²) in [6.07, 6.45) is 0. The third-order valence-corrected chi connectivity index (χ3v) is 6.16. The van der Waals surface area contributed by atoms with Crippen molar-refractivity contribution in [2.24, 2.45) is 0 Å². The molecular formula is C23H21BrCl2N2O3. The Morgan fingerprint density at radius 1 is 1.00 bits per heavy atom. The predicted octanol–water partition coefficient (Wildman–Crippen LogP) is 5.89. The molecule has 8 heteroatoms. The molecule has 162 valence electrons. The smallest absolute Gasteiger partial charge is 0.289 e. The number of furan rings is 1. The third-order valence-electron chi connectivity index (χ3n) is 5.12. The molecule has 0 atom stereocenters. The normalized spacial score (nSPS) is 14.6. The molecule has 0 spiro atoms. The molecule has 1 saturated heterocycles. The fraction of sp³-hybridized carbons (Fsp3) is 0.261. The van der Waals surface area contributed by atoms with Crippen molar-refractivity contribution in [1.29, 1.82) is 0 Å². The van der Waals surface area contributed by atoms with Crippen LogP contribution in [0.2, 0.25) is 10.0 Å². The summed E-state index contributed by atoms with van der Waals surface area (Å²) in [5.41, 5.74) is 1.21. The van der Waals surface area contributed by atoms with Crippen molar-refractivity contribution < 1.29 is 13.9 Å². The molecule has 0 N–H and O–H groups in total. The van der Waals surface area contributed by atoms with Gasteiger partial charge in [0.25, 0.3) is 5.91 Å². The maximum Gasteiger partial charge on any atom is 0.289 e. The summed E-state index contributed by atoms with van der Waals surface area (Å²) in [5.74, 6) is 1.36. The summed E-state index contributed by atoms with van der Waals surface area (Å²) >= 11 is 15.5. The molecule has 1 fully saturated rings. The predicted molar refractivity (Wildman–Crippen MR) is 125 cm³/mol. The molecule has 1 amide bonds. The highest BCUT2D eigenvalue weighted by Gasteiger charge is 2.24. The first kappa shape index (κ1) is 22.2. The lowest BCUT2D eigenvalue weighted by atomic mass is 10.2. The second-order valence-electron chi connectivity index (χ2n) is 7.32. The Kier molecular flexibility index (Phi) is 7.23. The second kappa shape index (κ2) is 10.1. The monoisotopic (exact) mass is 522 g/mol. The fourth-order valence-electron chi connectivity index (χ4n) is 3.42. The molecule has 4 rings (SSSR count). The van der Waals surface area contributed by atoms with Gasteiger partial charge in [-0.15, -0.1) is 0 Å². The first-order valence-corrected chi connectivity index (χ1v) is 11.5. The Balaban J connectivity index is 1.28. The minimum Gasteiger partial charge on any atom is -0.484 e. The molecule has 5 nitrogen and oxygen atoms in total. The molecule has 1 aliphatic rings. The van der Waals surface area contributed by atoms with Gasteiger partial charge in [0.1, 0.15) is 18.1 Å². The summed E-state index contributed by atoms with van der Waals surface area (Å²) in [4.78, 5) is 17.0. The van der Waals surface area contributed by atoms with Crippen LogP contribution >= 0.6 is 39.1 Å². The van der Waals surface area contributed by atoms with Gasteiger partial charge in [-0.05, 0) is 48.0 Å². The highest BCUT2D eigenvalue weighted by molar-refractivity contribution is 9.10. The number of amides is 1. The Hall–Kier alpha value is -1.99. The minimum absolute atomic E-state index is 0.0981. The summed E-state index contributed by atoms with van der Waals surface area (Å²) in [7, 11) is 0. The molecule has 0 radical (unpaired) electrons. The largest absolute Gasteiger partial charge is 0.484 e. The number of benzene rings is 2. The average molecular weight is 524 g/mol. The van der Waals surface area contributed by atoms with E-state index in [9.17, 15) is 4.79 Å². The molecule has 0 saturated carbocycles. The maximum atomic E-state index is 12.8. The van der Waals surface area contributed by atoms with Crippen molar-refractivity contribution >= 4 is 45.0 Å². The molecule has 2 aromatic carbocycles. The number of rotatable bonds is 6. The molecule has 0 unspecified atom stereocenters. The highest BCUT2D eigenvalue weighted by Crippen LogP contribution is 2.28. The van der Waals surface area contributed by atoms with Gasteiger partial charge in [0.05, 0.1) is 5.02 Å². The van der Waals surface area contributed by atoms with E-state index in [0.29, 0.717) is 35.4 Å². The van der Waals surface area contributed by atoms with Gasteiger partial charge in [0, 0.05) is 42.2 Å². The van der Waals surface area contributed by atoms with Crippen molar-refractivity contribution in [2.75, 3.05) is 26.2 Å². The van der Waals surface area contributed by atoms with Gasteiger partial charge in [-0.25, -0.2) is 0 Å². The Labute approximate surface area is 199 Å². The maximum absolute atomic E-state index is 12.8. The quantitative estimate of drug-likeness (QED) is 0.404. The van der Waals surface area contributed by atoms with Crippen LogP contribution in [0.15, 0.2) is 63.5 Å². The Morgan fingerprint density at radius 3 is 2.45 bits per heavy atom. The summed E-state index contributed by atoms with van der Waals surface area (Å²) in [6, 6.07) is 16.7. The standard InChI is InChI=1S/C23H21BrCl2N2O3/c24-17-3-7-21(20(26)13-17)30-15-19-6-8-22(31-19)23(29)28-11-9-27(10-12-28)14-16-1-4-18(25)5-2-16/h1-8,13H,9-12,14-15H2. The van der Waals surface area contributed by atoms with Gasteiger partial charge in [-0.1, -0.05) is 51.3 Å². The van der Waals surface area contributed by atoms with E-state index in [4.69, 9.17) is 32.4 Å². The molecule has 0 aliphatic carbocycles. The lowest BCUT2D eigenvalue weighted by Gasteiger charge is -2.34. The summed E-state index contributed by atoms with van der Waals surface area (Å²) < 4.78 is 12.3. The van der Waals surface area contributed by atoms with Crippen LogP contribution < -0.4 is 4.74 Å². The van der Waals surface area contributed by atoms with Gasteiger partial charge in [-0.3, -0.25) is 9.69 Å². The van der Waals surface area contributed by atoms with Crippen LogP contribution in [0.25, 0.3) is 0 Å². The van der Waals surface area contributed by atoms with E-state index in [2.05, 4.69) is 20.8 Å². The van der Waals surface area contributed by atoms with Crippen LogP contribution in [0, 0.1) is 0 Å². The van der Waals surface area contributed by atoms with Gasteiger partial charge >= 0.3 is 0 Å². The number of nitrogens with zero attached hydrogens (tertiary/aromatic N) is 2. The van der Waals surface area contributed by atoms with Crippen LogP contribution in [-0.2, 0) is 13.2 Å². The third kappa shape index (κ3) is 5.83. The summed E-state index contributed by atoms with van der Waals surface area (Å²) in [6.45, 7) is 3.99. The minimum atomic E-state index is -0.0981. The summed E-state index contributed by atoms with van der Waals surface area (Å²) in [5, 5.41) is 1.25. The van der Waals surface area contributed by atoms with Crippen molar-refractivity contribution in [3.8, 4) is 5.75 Å². The highest BCUT2D eigenvalue weighted by atomic mass is 79.9. The lowest BCUT2D eigenvalue weighted by Crippen LogP contribution is -2.48. The molecule has 31 heavy (non-hydrogen) atoms. The fourth-order valence-corrected chi connectivity index (χ4v) is 4.28. The second-order valence-corrected chi connectivity index (χ2v) is 9.08. The van der Waals surface area contributed by atoms with Crippen molar-refractivity contribution in [1.82, 2.24) is 9.80 Å². The number of hydrogen-bond donors (Lipinski definition) is 0.